The summed E-state index contributed by atoms with van der Waals surface area (Å²) in [5.41, 5.74) is 3.66. The molecule has 2 unspecified atom stereocenters. The molecule has 2 aliphatic rings. The molecule has 0 radical (unpaired) electrons. The minimum Gasteiger partial charge on any atom is -0.490 e. The zero-order chi connectivity index (χ0) is 21.5. The van der Waals surface area contributed by atoms with Crippen LogP contribution in [0.4, 0.5) is 0 Å². The van der Waals surface area contributed by atoms with Gasteiger partial charge in [-0.15, -0.1) is 0 Å². The molecule has 2 aromatic carbocycles. The van der Waals surface area contributed by atoms with Crippen molar-refractivity contribution in [1.82, 2.24) is 10.6 Å². The van der Waals surface area contributed by atoms with E-state index < -0.39 is 0 Å². The number of hydrogen-bond acceptors (Lipinski definition) is 4. The van der Waals surface area contributed by atoms with E-state index in [2.05, 4.69) is 52.9 Å². The molecule has 6 nitrogen and oxygen atoms in total. The van der Waals surface area contributed by atoms with Gasteiger partial charge >= 0.3 is 0 Å². The number of fused-ring (bicyclic) bond motifs is 1. The number of aryl methyl sites for hydroxylation is 1. The normalized spacial score (nSPS) is 21.3. The minimum absolute atomic E-state index is 0.127. The molecule has 2 N–H and O–H groups in total. The van der Waals surface area contributed by atoms with Gasteiger partial charge in [-0.1, -0.05) is 35.9 Å². The van der Waals surface area contributed by atoms with Crippen molar-refractivity contribution in [1.29, 1.82) is 0 Å². The maximum absolute atomic E-state index is 6.15. The van der Waals surface area contributed by atoms with Gasteiger partial charge in [-0.2, -0.15) is 0 Å². The second kappa shape index (κ2) is 10.5. The number of hydrogen-bond donors (Lipinski definition) is 2. The molecule has 0 bridgehead atoms. The molecule has 0 amide bonds. The Morgan fingerprint density at radius 2 is 1.77 bits per heavy atom. The van der Waals surface area contributed by atoms with Crippen LogP contribution in [0.25, 0.3) is 0 Å². The van der Waals surface area contributed by atoms with E-state index in [9.17, 15) is 0 Å². The largest absolute Gasteiger partial charge is 0.490 e. The molecule has 2 atom stereocenters. The predicted molar refractivity (Wildman–Crippen MR) is 123 cm³/mol. The van der Waals surface area contributed by atoms with Crippen molar-refractivity contribution in [3.63, 3.8) is 0 Å². The van der Waals surface area contributed by atoms with Gasteiger partial charge in [0.15, 0.2) is 17.5 Å². The molecule has 1 fully saturated rings. The first-order valence-corrected chi connectivity index (χ1v) is 11.2. The van der Waals surface area contributed by atoms with Crippen molar-refractivity contribution in [2.75, 3.05) is 33.4 Å². The van der Waals surface area contributed by atoms with Crippen molar-refractivity contribution in [2.45, 2.75) is 38.8 Å². The maximum Gasteiger partial charge on any atom is 0.191 e. The molecular weight excluding hydrogens is 390 g/mol. The average Bonchev–Trinajstić information content (AvgIpc) is 3.05. The average molecular weight is 424 g/mol. The molecule has 0 aliphatic carbocycles. The number of aliphatic imine (C=N–C) groups is 1. The predicted octanol–water partition coefficient (Wildman–Crippen LogP) is 3.99. The van der Waals surface area contributed by atoms with Gasteiger partial charge in [-0.05, 0) is 43.0 Å². The second-order valence-electron chi connectivity index (χ2n) is 8.24. The van der Waals surface area contributed by atoms with E-state index in [1.165, 1.54) is 11.1 Å². The molecule has 2 aliphatic heterocycles. The van der Waals surface area contributed by atoms with Gasteiger partial charge < -0.3 is 24.8 Å². The molecule has 0 saturated carbocycles. The fraction of sp³-hybridized carbons (Fsp3) is 0.480. The fourth-order valence-corrected chi connectivity index (χ4v) is 4.13. The molecule has 2 heterocycles. The van der Waals surface area contributed by atoms with Crippen molar-refractivity contribution in [3.8, 4) is 11.5 Å². The van der Waals surface area contributed by atoms with Crippen LogP contribution >= 0.6 is 0 Å². The van der Waals surface area contributed by atoms with Crippen LogP contribution in [0.3, 0.4) is 0 Å². The molecule has 1 saturated heterocycles. The lowest BCUT2D eigenvalue weighted by atomic mass is 9.89. The summed E-state index contributed by atoms with van der Waals surface area (Å²) in [6, 6.07) is 14.8. The van der Waals surface area contributed by atoms with E-state index in [4.69, 9.17) is 14.2 Å². The zero-order valence-electron chi connectivity index (χ0n) is 18.5. The third kappa shape index (κ3) is 5.70. The highest BCUT2D eigenvalue weighted by Gasteiger charge is 2.27. The van der Waals surface area contributed by atoms with Crippen LogP contribution in [-0.2, 0) is 11.3 Å². The second-order valence-corrected chi connectivity index (χ2v) is 8.24. The highest BCUT2D eigenvalue weighted by molar-refractivity contribution is 5.79. The quantitative estimate of drug-likeness (QED) is 0.562. The Kier molecular flexibility index (Phi) is 7.30. The van der Waals surface area contributed by atoms with Crippen molar-refractivity contribution < 1.29 is 14.2 Å². The first-order chi connectivity index (χ1) is 15.2. The number of guanidine groups is 1. The number of rotatable bonds is 5. The summed E-state index contributed by atoms with van der Waals surface area (Å²) >= 11 is 0. The first kappa shape index (κ1) is 21.5. The van der Waals surface area contributed by atoms with E-state index in [1.54, 1.807) is 7.05 Å². The van der Waals surface area contributed by atoms with Gasteiger partial charge in [-0.25, -0.2) is 0 Å². The number of nitrogens with zero attached hydrogens (tertiary/aromatic N) is 1. The Morgan fingerprint density at radius 3 is 2.58 bits per heavy atom. The Labute approximate surface area is 185 Å². The third-order valence-corrected chi connectivity index (χ3v) is 5.88. The van der Waals surface area contributed by atoms with Crippen LogP contribution in [0.1, 0.15) is 42.1 Å². The Bertz CT molecular complexity index is 882. The van der Waals surface area contributed by atoms with E-state index in [-0.39, 0.29) is 6.10 Å². The van der Waals surface area contributed by atoms with Crippen LogP contribution < -0.4 is 20.1 Å². The molecule has 2 aromatic rings. The molecule has 4 rings (SSSR count). The summed E-state index contributed by atoms with van der Waals surface area (Å²) in [6.07, 6.45) is 3.28. The van der Waals surface area contributed by atoms with Crippen LogP contribution in [-0.4, -0.2) is 39.4 Å². The van der Waals surface area contributed by atoms with Gasteiger partial charge in [0.05, 0.1) is 19.3 Å². The summed E-state index contributed by atoms with van der Waals surface area (Å²) in [5.74, 6) is 2.84. The molecule has 31 heavy (non-hydrogen) atoms. The molecule has 0 aromatic heterocycles. The number of nitrogens with one attached hydrogen (secondary N) is 2. The standard InChI is InChI=1S/C25H33N3O3/c1-18-6-9-20(10-7-18)24-21(5-3-12-31-24)17-28-25(26-2)27-16-19-8-11-22-23(15-19)30-14-4-13-29-22/h6-11,15,21,24H,3-5,12-14,16-17H2,1-2H3,(H2,26,27,28). The van der Waals surface area contributed by atoms with E-state index in [0.717, 1.165) is 55.4 Å². The van der Waals surface area contributed by atoms with Gasteiger partial charge in [0.1, 0.15) is 0 Å². The van der Waals surface area contributed by atoms with Crippen molar-refractivity contribution in [3.05, 3.63) is 59.2 Å². The fourth-order valence-electron chi connectivity index (χ4n) is 4.13. The van der Waals surface area contributed by atoms with Gasteiger partial charge in [0, 0.05) is 39.1 Å². The third-order valence-electron chi connectivity index (χ3n) is 5.88. The lowest BCUT2D eigenvalue weighted by Crippen LogP contribution is -2.41. The summed E-state index contributed by atoms with van der Waals surface area (Å²) < 4.78 is 17.7. The first-order valence-electron chi connectivity index (χ1n) is 11.2. The smallest absolute Gasteiger partial charge is 0.191 e. The van der Waals surface area contributed by atoms with Crippen LogP contribution in [0.5, 0.6) is 11.5 Å². The monoisotopic (exact) mass is 423 g/mol. The van der Waals surface area contributed by atoms with E-state index >= 15 is 0 Å². The molecular formula is C25H33N3O3. The Morgan fingerprint density at radius 1 is 0.968 bits per heavy atom. The Hall–Kier alpha value is -2.73. The summed E-state index contributed by atoms with van der Waals surface area (Å²) in [5, 5.41) is 6.91. The lowest BCUT2D eigenvalue weighted by Gasteiger charge is -2.32. The lowest BCUT2D eigenvalue weighted by molar-refractivity contribution is -0.0265. The molecule has 6 heteroatoms. The van der Waals surface area contributed by atoms with Crippen LogP contribution in [0.15, 0.2) is 47.5 Å². The van der Waals surface area contributed by atoms with Gasteiger partial charge in [0.2, 0.25) is 0 Å². The van der Waals surface area contributed by atoms with Gasteiger partial charge in [0.25, 0.3) is 0 Å². The van der Waals surface area contributed by atoms with Crippen LogP contribution in [0.2, 0.25) is 0 Å². The topological polar surface area (TPSA) is 64.1 Å². The van der Waals surface area contributed by atoms with Crippen molar-refractivity contribution >= 4 is 5.96 Å². The van der Waals surface area contributed by atoms with E-state index in [0.29, 0.717) is 25.7 Å². The van der Waals surface area contributed by atoms with Crippen molar-refractivity contribution in [2.24, 2.45) is 10.9 Å². The van der Waals surface area contributed by atoms with E-state index in [1.807, 2.05) is 12.1 Å². The Balaban J connectivity index is 1.32. The zero-order valence-corrected chi connectivity index (χ0v) is 18.5. The summed E-state index contributed by atoms with van der Waals surface area (Å²) in [7, 11) is 1.80. The molecule has 166 valence electrons. The SMILES string of the molecule is CN=C(NCc1ccc2c(c1)OCCCO2)NCC1CCCOC1c1ccc(C)cc1. The highest BCUT2D eigenvalue weighted by atomic mass is 16.5. The molecule has 0 spiro atoms. The summed E-state index contributed by atoms with van der Waals surface area (Å²) in [6.45, 7) is 5.82. The van der Waals surface area contributed by atoms with Crippen LogP contribution in [0, 0.1) is 12.8 Å². The number of benzene rings is 2. The maximum atomic E-state index is 6.15. The number of ether oxygens (including phenoxy) is 3. The highest BCUT2D eigenvalue weighted by Crippen LogP contribution is 2.33. The van der Waals surface area contributed by atoms with Gasteiger partial charge in [-0.3, -0.25) is 4.99 Å². The summed E-state index contributed by atoms with van der Waals surface area (Å²) in [4.78, 5) is 4.40. The minimum atomic E-state index is 0.127.